The molecule has 0 saturated carbocycles. The molecule has 0 N–H and O–H groups in total. The molecule has 0 atom stereocenters. The number of pyridine rings is 1. The van der Waals surface area contributed by atoms with Crippen molar-refractivity contribution in [2.45, 2.75) is 13.1 Å². The summed E-state index contributed by atoms with van der Waals surface area (Å²) in [5.41, 5.74) is -0.865. The number of aromatic nitrogens is 1. The molecule has 0 aliphatic carbocycles. The van der Waals surface area contributed by atoms with E-state index in [0.717, 1.165) is 12.1 Å². The molecule has 2 rings (SSSR count). The first-order valence-electron chi connectivity index (χ1n) is 8.52. The highest BCUT2D eigenvalue weighted by Crippen LogP contribution is 2.29. The lowest BCUT2D eigenvalue weighted by molar-refractivity contribution is -0.137. The highest BCUT2D eigenvalue weighted by molar-refractivity contribution is 5.97. The number of alkyl halides is 3. The predicted octanol–water partition coefficient (Wildman–Crippen LogP) is 3.26. The molecule has 0 radical (unpaired) electrons. The van der Waals surface area contributed by atoms with Crippen molar-refractivity contribution in [1.29, 1.82) is 0 Å². The third kappa shape index (κ3) is 5.45. The summed E-state index contributed by atoms with van der Waals surface area (Å²) >= 11 is 0. The van der Waals surface area contributed by atoms with E-state index in [9.17, 15) is 18.0 Å². The fourth-order valence-electron chi connectivity index (χ4n) is 2.52. The van der Waals surface area contributed by atoms with Crippen molar-refractivity contribution < 1.29 is 22.7 Å². The van der Waals surface area contributed by atoms with E-state index in [1.54, 1.807) is 24.1 Å². The molecule has 1 fully saturated rings. The number of amides is 1. The Morgan fingerprint density at radius 3 is 2.39 bits per heavy atom. The lowest BCUT2D eigenvalue weighted by atomic mass is 10.2. The summed E-state index contributed by atoms with van der Waals surface area (Å²) in [6.07, 6.45) is 0.782. The van der Waals surface area contributed by atoms with Gasteiger partial charge in [-0.25, -0.2) is 9.98 Å². The SMILES string of the molecule is C=CC(=O)N1CCN(/C(=N/C=C\C)C(=C)Oc2ccc(C(F)(F)F)cn2)CC1. The summed E-state index contributed by atoms with van der Waals surface area (Å²) in [5.74, 6) is 0.404. The van der Waals surface area contributed by atoms with Crippen LogP contribution in [0.1, 0.15) is 12.5 Å². The Hall–Kier alpha value is -3.10. The zero-order chi connectivity index (χ0) is 20.7. The van der Waals surface area contributed by atoms with E-state index in [1.165, 1.54) is 6.08 Å². The maximum Gasteiger partial charge on any atom is 0.417 e. The van der Waals surface area contributed by atoms with E-state index >= 15 is 0 Å². The van der Waals surface area contributed by atoms with E-state index in [0.29, 0.717) is 38.2 Å². The highest BCUT2D eigenvalue weighted by atomic mass is 19.4. The summed E-state index contributed by atoms with van der Waals surface area (Å²) in [6.45, 7) is 11.1. The molecule has 1 aliphatic heterocycles. The molecule has 1 amide bonds. The molecular formula is C19H21F3N4O2. The Morgan fingerprint density at radius 2 is 1.89 bits per heavy atom. The summed E-state index contributed by atoms with van der Waals surface area (Å²) in [4.78, 5) is 23.3. The second kappa shape index (κ2) is 9.20. The first kappa shape index (κ1) is 21.2. The number of hydrogen-bond donors (Lipinski definition) is 0. The first-order chi connectivity index (χ1) is 13.3. The topological polar surface area (TPSA) is 58.0 Å². The summed E-state index contributed by atoms with van der Waals surface area (Å²) < 4.78 is 43.4. The Kier molecular flexibility index (Phi) is 6.97. The molecule has 6 nitrogen and oxygen atoms in total. The molecule has 1 aliphatic rings. The number of carbonyl (C=O) groups is 1. The van der Waals surface area contributed by atoms with Gasteiger partial charge in [0.15, 0.2) is 11.6 Å². The third-order valence-corrected chi connectivity index (χ3v) is 3.95. The molecule has 0 aromatic carbocycles. The average Bonchev–Trinajstić information content (AvgIpc) is 2.68. The van der Waals surface area contributed by atoms with Crippen LogP contribution in [0.25, 0.3) is 0 Å². The Labute approximate surface area is 161 Å². The standard InChI is InChI=1S/C19H21F3N4O2/c1-4-8-23-18(26-11-9-25(10-12-26)17(27)5-2)14(3)28-16-7-6-15(13-24-16)19(20,21)22/h4-8,13H,2-3,9-12H2,1H3/b8-4-,23-18+. The number of aliphatic imine (C=N–C) groups is 1. The minimum atomic E-state index is -4.47. The second-order valence-corrected chi connectivity index (χ2v) is 5.86. The number of ether oxygens (including phenoxy) is 1. The molecule has 1 aromatic heterocycles. The van der Waals surface area contributed by atoms with Gasteiger partial charge in [0.05, 0.1) is 5.56 Å². The van der Waals surface area contributed by atoms with Crippen LogP contribution in [-0.4, -0.2) is 52.7 Å². The van der Waals surface area contributed by atoms with Crippen molar-refractivity contribution in [3.63, 3.8) is 0 Å². The van der Waals surface area contributed by atoms with E-state index in [1.807, 2.05) is 4.90 Å². The van der Waals surface area contributed by atoms with Crippen LogP contribution in [-0.2, 0) is 11.0 Å². The van der Waals surface area contributed by atoms with Gasteiger partial charge in [-0.05, 0) is 19.1 Å². The monoisotopic (exact) mass is 394 g/mol. The number of carbonyl (C=O) groups excluding carboxylic acids is 1. The number of halogens is 3. The van der Waals surface area contributed by atoms with Crippen molar-refractivity contribution in [2.75, 3.05) is 26.2 Å². The van der Waals surface area contributed by atoms with Gasteiger partial charge in [0.2, 0.25) is 11.8 Å². The largest absolute Gasteiger partial charge is 0.436 e. The van der Waals surface area contributed by atoms with Crippen LogP contribution >= 0.6 is 0 Å². The van der Waals surface area contributed by atoms with Crippen LogP contribution in [0.4, 0.5) is 13.2 Å². The van der Waals surface area contributed by atoms with Crippen LogP contribution in [0.15, 0.2) is 60.6 Å². The summed E-state index contributed by atoms with van der Waals surface area (Å²) in [6, 6.07) is 2.01. The van der Waals surface area contributed by atoms with Crippen LogP contribution in [0.2, 0.25) is 0 Å². The van der Waals surface area contributed by atoms with Crippen LogP contribution < -0.4 is 4.74 Å². The Bertz CT molecular complexity index is 777. The number of rotatable bonds is 5. The van der Waals surface area contributed by atoms with Crippen LogP contribution in [0.5, 0.6) is 5.88 Å². The normalized spacial score (nSPS) is 15.6. The molecule has 1 aromatic rings. The fraction of sp³-hybridized carbons (Fsp3) is 0.316. The lowest BCUT2D eigenvalue weighted by Gasteiger charge is -2.36. The van der Waals surface area contributed by atoms with E-state index in [2.05, 4.69) is 23.1 Å². The van der Waals surface area contributed by atoms with Gasteiger partial charge in [0.25, 0.3) is 0 Å². The maximum atomic E-state index is 12.6. The van der Waals surface area contributed by atoms with Gasteiger partial charge in [0, 0.05) is 44.6 Å². The zero-order valence-corrected chi connectivity index (χ0v) is 15.4. The fourth-order valence-corrected chi connectivity index (χ4v) is 2.52. The van der Waals surface area contributed by atoms with Gasteiger partial charge in [-0.1, -0.05) is 19.2 Å². The Morgan fingerprint density at radius 1 is 1.25 bits per heavy atom. The first-order valence-corrected chi connectivity index (χ1v) is 8.52. The van der Waals surface area contributed by atoms with Crippen molar-refractivity contribution >= 4 is 11.7 Å². The highest BCUT2D eigenvalue weighted by Gasteiger charge is 2.31. The number of nitrogens with zero attached hydrogens (tertiary/aromatic N) is 4. The molecule has 150 valence electrons. The molecule has 9 heteroatoms. The van der Waals surface area contributed by atoms with E-state index < -0.39 is 11.7 Å². The average molecular weight is 394 g/mol. The van der Waals surface area contributed by atoms with Crippen molar-refractivity contribution in [2.24, 2.45) is 4.99 Å². The van der Waals surface area contributed by atoms with Crippen LogP contribution in [0, 0.1) is 0 Å². The number of piperazine rings is 1. The summed E-state index contributed by atoms with van der Waals surface area (Å²) in [5, 5.41) is 0. The van der Waals surface area contributed by atoms with Gasteiger partial charge < -0.3 is 14.5 Å². The van der Waals surface area contributed by atoms with Crippen molar-refractivity contribution in [3.05, 3.63) is 61.2 Å². The molecule has 0 unspecified atom stereocenters. The smallest absolute Gasteiger partial charge is 0.417 e. The van der Waals surface area contributed by atoms with Gasteiger partial charge >= 0.3 is 6.18 Å². The van der Waals surface area contributed by atoms with Crippen molar-refractivity contribution in [3.8, 4) is 5.88 Å². The molecular weight excluding hydrogens is 373 g/mol. The molecule has 28 heavy (non-hydrogen) atoms. The van der Waals surface area contributed by atoms with Gasteiger partial charge in [-0.15, -0.1) is 0 Å². The van der Waals surface area contributed by atoms with Gasteiger partial charge in [-0.2, -0.15) is 13.2 Å². The van der Waals surface area contributed by atoms with Gasteiger partial charge in [-0.3, -0.25) is 4.79 Å². The number of allylic oxidation sites excluding steroid dienone is 1. The zero-order valence-electron chi connectivity index (χ0n) is 15.4. The van der Waals surface area contributed by atoms with E-state index in [4.69, 9.17) is 4.74 Å². The molecule has 0 spiro atoms. The third-order valence-electron chi connectivity index (χ3n) is 3.95. The maximum absolute atomic E-state index is 12.6. The number of amidine groups is 1. The molecule has 0 bridgehead atoms. The lowest BCUT2D eigenvalue weighted by Crippen LogP contribution is -2.50. The summed E-state index contributed by atoms with van der Waals surface area (Å²) in [7, 11) is 0. The Balaban J connectivity index is 2.10. The quantitative estimate of drug-likeness (QED) is 0.333. The van der Waals surface area contributed by atoms with Crippen molar-refractivity contribution in [1.82, 2.24) is 14.8 Å². The second-order valence-electron chi connectivity index (χ2n) is 5.86. The molecule has 2 heterocycles. The predicted molar refractivity (Wildman–Crippen MR) is 99.6 cm³/mol. The number of hydrogen-bond acceptors (Lipinski definition) is 4. The van der Waals surface area contributed by atoms with Gasteiger partial charge in [0.1, 0.15) is 0 Å². The minimum absolute atomic E-state index is 0.0216. The van der Waals surface area contributed by atoms with Crippen LogP contribution in [0.3, 0.4) is 0 Å². The van der Waals surface area contributed by atoms with E-state index in [-0.39, 0.29) is 17.5 Å². The molecule has 1 saturated heterocycles. The minimum Gasteiger partial charge on any atom is -0.436 e.